The van der Waals surface area contributed by atoms with E-state index in [9.17, 15) is 18.0 Å². The lowest BCUT2D eigenvalue weighted by molar-refractivity contribution is -0.274. The third-order valence-electron chi connectivity index (χ3n) is 2.35. The summed E-state index contributed by atoms with van der Waals surface area (Å²) in [5.41, 5.74) is 0.462. The zero-order chi connectivity index (χ0) is 15.5. The van der Waals surface area contributed by atoms with Crippen molar-refractivity contribution in [3.05, 3.63) is 53.3 Å². The SMILES string of the molecule is O=C(Nc1ccc(OC(F)(F)F)cc1)c1cccnc1Cl. The Labute approximate surface area is 122 Å². The largest absolute Gasteiger partial charge is 0.573 e. The number of carbonyl (C=O) groups excluding carboxylic acids is 1. The van der Waals surface area contributed by atoms with Gasteiger partial charge in [0.2, 0.25) is 0 Å². The minimum atomic E-state index is -4.76. The normalized spacial score (nSPS) is 11.0. The number of ether oxygens (including phenoxy) is 1. The fourth-order valence-electron chi connectivity index (χ4n) is 1.49. The van der Waals surface area contributed by atoms with Crippen LogP contribution in [0.3, 0.4) is 0 Å². The number of hydrogen-bond donors (Lipinski definition) is 1. The molecule has 0 fully saturated rings. The average Bonchev–Trinajstić information content (AvgIpc) is 2.40. The lowest BCUT2D eigenvalue weighted by Crippen LogP contribution is -2.17. The molecule has 21 heavy (non-hydrogen) atoms. The number of aromatic nitrogens is 1. The van der Waals surface area contributed by atoms with Gasteiger partial charge in [-0.3, -0.25) is 4.79 Å². The Morgan fingerprint density at radius 1 is 1.19 bits per heavy atom. The highest BCUT2D eigenvalue weighted by atomic mass is 35.5. The molecule has 0 aliphatic carbocycles. The van der Waals surface area contributed by atoms with Crippen molar-refractivity contribution in [3.63, 3.8) is 0 Å². The van der Waals surface area contributed by atoms with Crippen LogP contribution in [0.15, 0.2) is 42.6 Å². The van der Waals surface area contributed by atoms with E-state index in [1.165, 1.54) is 24.4 Å². The van der Waals surface area contributed by atoms with Gasteiger partial charge in [0, 0.05) is 11.9 Å². The Balaban J connectivity index is 2.07. The van der Waals surface area contributed by atoms with Crippen LogP contribution in [0.25, 0.3) is 0 Å². The molecule has 0 radical (unpaired) electrons. The second kappa shape index (κ2) is 6.01. The van der Waals surface area contributed by atoms with E-state index in [1.807, 2.05) is 0 Å². The van der Waals surface area contributed by atoms with Crippen LogP contribution in [0, 0.1) is 0 Å². The molecule has 0 atom stereocenters. The number of benzene rings is 1. The van der Waals surface area contributed by atoms with Crippen LogP contribution in [0.1, 0.15) is 10.4 Å². The van der Waals surface area contributed by atoms with Gasteiger partial charge in [0.15, 0.2) is 0 Å². The summed E-state index contributed by atoms with van der Waals surface area (Å²) in [6.07, 6.45) is -3.32. The van der Waals surface area contributed by atoms with Gasteiger partial charge in [0.25, 0.3) is 5.91 Å². The molecule has 0 bridgehead atoms. The summed E-state index contributed by atoms with van der Waals surface area (Å²) in [6, 6.07) is 7.77. The predicted octanol–water partition coefficient (Wildman–Crippen LogP) is 3.89. The zero-order valence-electron chi connectivity index (χ0n) is 10.3. The van der Waals surface area contributed by atoms with Gasteiger partial charge in [-0.25, -0.2) is 4.98 Å². The van der Waals surface area contributed by atoms with Crippen LogP contribution in [-0.4, -0.2) is 17.3 Å². The molecule has 0 spiro atoms. The lowest BCUT2D eigenvalue weighted by Gasteiger charge is -2.10. The Kier molecular flexibility index (Phi) is 4.32. The van der Waals surface area contributed by atoms with Gasteiger partial charge < -0.3 is 10.1 Å². The molecule has 0 aliphatic heterocycles. The van der Waals surface area contributed by atoms with Gasteiger partial charge in [0.1, 0.15) is 10.9 Å². The van der Waals surface area contributed by atoms with E-state index >= 15 is 0 Å². The molecule has 1 aromatic heterocycles. The summed E-state index contributed by atoms with van der Waals surface area (Å²) in [5.74, 6) is -0.891. The molecule has 1 aromatic carbocycles. The number of halogens is 4. The van der Waals surface area contributed by atoms with Gasteiger partial charge >= 0.3 is 6.36 Å². The molecule has 8 heteroatoms. The molecule has 0 saturated heterocycles. The van der Waals surface area contributed by atoms with Gasteiger partial charge in [-0.1, -0.05) is 11.6 Å². The van der Waals surface area contributed by atoms with E-state index in [0.717, 1.165) is 12.1 Å². The van der Waals surface area contributed by atoms with Crippen molar-refractivity contribution >= 4 is 23.2 Å². The molecular weight excluding hydrogens is 309 g/mol. The minimum absolute atomic E-state index is 0.0343. The first-order chi connectivity index (χ1) is 9.85. The summed E-state index contributed by atoms with van der Waals surface area (Å²) >= 11 is 5.77. The fourth-order valence-corrected chi connectivity index (χ4v) is 1.70. The monoisotopic (exact) mass is 316 g/mol. The Bertz CT molecular complexity index is 645. The number of rotatable bonds is 3. The standard InChI is InChI=1S/C13H8ClF3N2O2/c14-11-10(2-1-7-18-11)12(20)19-8-3-5-9(6-4-8)21-13(15,16)17/h1-7H,(H,19,20). The van der Waals surface area contributed by atoms with Crippen LogP contribution >= 0.6 is 11.6 Å². The first-order valence-electron chi connectivity index (χ1n) is 5.63. The summed E-state index contributed by atoms with van der Waals surface area (Å²) in [6.45, 7) is 0. The van der Waals surface area contributed by atoms with Gasteiger partial charge in [-0.15, -0.1) is 13.2 Å². The van der Waals surface area contributed by atoms with Crippen molar-refractivity contribution in [2.24, 2.45) is 0 Å². The zero-order valence-corrected chi connectivity index (χ0v) is 11.1. The molecular formula is C13H8ClF3N2O2. The molecule has 2 rings (SSSR count). The number of alkyl halides is 3. The van der Waals surface area contributed by atoms with Crippen molar-refractivity contribution in [3.8, 4) is 5.75 Å². The van der Waals surface area contributed by atoms with Crippen LogP contribution in [-0.2, 0) is 0 Å². The topological polar surface area (TPSA) is 51.2 Å². The average molecular weight is 317 g/mol. The molecule has 1 heterocycles. The van der Waals surface area contributed by atoms with E-state index in [-0.39, 0.29) is 16.5 Å². The third kappa shape index (κ3) is 4.35. The van der Waals surface area contributed by atoms with E-state index in [0.29, 0.717) is 5.69 Å². The van der Waals surface area contributed by atoms with Crippen molar-refractivity contribution in [2.45, 2.75) is 6.36 Å². The molecule has 1 N–H and O–H groups in total. The third-order valence-corrected chi connectivity index (χ3v) is 2.65. The molecule has 0 unspecified atom stereocenters. The summed E-state index contributed by atoms with van der Waals surface area (Å²) < 4.78 is 39.7. The summed E-state index contributed by atoms with van der Waals surface area (Å²) in [7, 11) is 0. The predicted molar refractivity (Wildman–Crippen MR) is 70.3 cm³/mol. The second-order valence-electron chi connectivity index (χ2n) is 3.87. The molecule has 2 aromatic rings. The number of nitrogens with one attached hydrogen (secondary N) is 1. The number of nitrogens with zero attached hydrogens (tertiary/aromatic N) is 1. The van der Waals surface area contributed by atoms with Gasteiger partial charge in [-0.05, 0) is 36.4 Å². The molecule has 0 aliphatic rings. The minimum Gasteiger partial charge on any atom is -0.406 e. The van der Waals surface area contributed by atoms with E-state index in [2.05, 4.69) is 15.0 Å². The van der Waals surface area contributed by atoms with E-state index in [4.69, 9.17) is 11.6 Å². The Morgan fingerprint density at radius 3 is 2.43 bits per heavy atom. The highest BCUT2D eigenvalue weighted by molar-refractivity contribution is 6.33. The van der Waals surface area contributed by atoms with Crippen molar-refractivity contribution in [1.29, 1.82) is 0 Å². The summed E-state index contributed by atoms with van der Waals surface area (Å²) in [5, 5.41) is 2.52. The van der Waals surface area contributed by atoms with Crippen molar-refractivity contribution < 1.29 is 22.7 Å². The van der Waals surface area contributed by atoms with E-state index < -0.39 is 12.3 Å². The first-order valence-corrected chi connectivity index (χ1v) is 6.00. The number of amides is 1. The Morgan fingerprint density at radius 2 is 1.86 bits per heavy atom. The maximum Gasteiger partial charge on any atom is 0.573 e. The van der Waals surface area contributed by atoms with E-state index in [1.54, 1.807) is 6.07 Å². The second-order valence-corrected chi connectivity index (χ2v) is 4.23. The van der Waals surface area contributed by atoms with Crippen LogP contribution in [0.2, 0.25) is 5.15 Å². The molecule has 4 nitrogen and oxygen atoms in total. The highest BCUT2D eigenvalue weighted by Gasteiger charge is 2.30. The van der Waals surface area contributed by atoms with Crippen LogP contribution in [0.4, 0.5) is 18.9 Å². The van der Waals surface area contributed by atoms with Crippen molar-refractivity contribution in [1.82, 2.24) is 4.98 Å². The van der Waals surface area contributed by atoms with Gasteiger partial charge in [-0.2, -0.15) is 0 Å². The molecule has 110 valence electrons. The van der Waals surface area contributed by atoms with Gasteiger partial charge in [0.05, 0.1) is 5.56 Å². The van der Waals surface area contributed by atoms with Crippen LogP contribution in [0.5, 0.6) is 5.75 Å². The fraction of sp³-hybridized carbons (Fsp3) is 0.0769. The lowest BCUT2D eigenvalue weighted by atomic mass is 10.2. The number of anilines is 1. The highest BCUT2D eigenvalue weighted by Crippen LogP contribution is 2.24. The quantitative estimate of drug-likeness (QED) is 0.874. The maximum atomic E-state index is 12.0. The van der Waals surface area contributed by atoms with Crippen LogP contribution < -0.4 is 10.1 Å². The van der Waals surface area contributed by atoms with Crippen molar-refractivity contribution in [2.75, 3.05) is 5.32 Å². The number of carbonyl (C=O) groups is 1. The molecule has 1 amide bonds. The maximum absolute atomic E-state index is 12.0. The number of pyridine rings is 1. The molecule has 0 saturated carbocycles. The Hall–Kier alpha value is -2.28. The summed E-state index contributed by atoms with van der Waals surface area (Å²) in [4.78, 5) is 15.7. The number of hydrogen-bond acceptors (Lipinski definition) is 3. The first kappa shape index (κ1) is 15.1. The smallest absolute Gasteiger partial charge is 0.406 e.